The summed E-state index contributed by atoms with van der Waals surface area (Å²) >= 11 is 8.08. The Labute approximate surface area is 185 Å². The van der Waals surface area contributed by atoms with Gasteiger partial charge in [0.05, 0.1) is 10.9 Å². The number of halogens is 1. The molecular weight excluding hydrogens is 418 g/mol. The lowest BCUT2D eigenvalue weighted by Gasteiger charge is -2.17. The van der Waals surface area contributed by atoms with E-state index in [1.165, 1.54) is 18.0 Å². The zero-order valence-electron chi connectivity index (χ0n) is 16.8. The van der Waals surface area contributed by atoms with E-state index >= 15 is 0 Å². The first-order valence-corrected chi connectivity index (χ1v) is 10.9. The first kappa shape index (κ1) is 21.9. The molecule has 0 fully saturated rings. The molecular formula is C22H24ClN5OS. The van der Waals surface area contributed by atoms with Crippen LogP contribution in [0.25, 0.3) is 0 Å². The Morgan fingerprint density at radius 2 is 1.83 bits per heavy atom. The normalized spacial score (nSPS) is 11.9. The predicted molar refractivity (Wildman–Crippen MR) is 126 cm³/mol. The fourth-order valence-corrected chi connectivity index (χ4v) is 3.70. The molecule has 6 nitrogen and oxygen atoms in total. The van der Waals surface area contributed by atoms with E-state index in [0.29, 0.717) is 39.8 Å². The van der Waals surface area contributed by atoms with Crippen molar-refractivity contribution in [2.24, 2.45) is 0 Å². The molecule has 0 spiro atoms. The van der Waals surface area contributed by atoms with Crippen LogP contribution < -0.4 is 10.6 Å². The highest BCUT2D eigenvalue weighted by atomic mass is 35.5. The summed E-state index contributed by atoms with van der Waals surface area (Å²) in [6.07, 6.45) is 1.21. The van der Waals surface area contributed by atoms with E-state index < -0.39 is 0 Å². The first-order valence-electron chi connectivity index (χ1n) is 9.54. The van der Waals surface area contributed by atoms with Crippen LogP contribution in [0.15, 0.2) is 59.8 Å². The molecule has 0 radical (unpaired) electrons. The Bertz CT molecular complexity index is 1000. The molecule has 1 unspecified atom stereocenters. The molecule has 3 rings (SSSR count). The average Bonchev–Trinajstić information content (AvgIpc) is 2.72. The lowest BCUT2D eigenvalue weighted by molar-refractivity contribution is 0.475. The summed E-state index contributed by atoms with van der Waals surface area (Å²) in [6.45, 7) is 4.58. The summed E-state index contributed by atoms with van der Waals surface area (Å²) in [4.78, 5) is 9.20. The van der Waals surface area contributed by atoms with Crippen LogP contribution in [-0.4, -0.2) is 33.1 Å². The topological polar surface area (TPSA) is 93.9 Å². The minimum absolute atomic E-state index is 0.147. The van der Waals surface area contributed by atoms with E-state index in [0.717, 1.165) is 5.56 Å². The maximum absolute atomic E-state index is 9.75. The van der Waals surface area contributed by atoms with Crippen LogP contribution in [0.1, 0.15) is 30.4 Å². The molecule has 1 aromatic heterocycles. The van der Waals surface area contributed by atoms with Crippen molar-refractivity contribution >= 4 is 46.9 Å². The van der Waals surface area contributed by atoms with E-state index in [2.05, 4.69) is 34.4 Å². The minimum atomic E-state index is -0.247. The molecule has 0 aliphatic rings. The van der Waals surface area contributed by atoms with Gasteiger partial charge in [0.15, 0.2) is 5.16 Å². The Balaban J connectivity index is 1.90. The molecule has 156 valence electrons. The molecule has 30 heavy (non-hydrogen) atoms. The number of phenolic OH excluding ortho intramolecular Hbond substituents is 1. The molecule has 0 saturated carbocycles. The third kappa shape index (κ3) is 5.87. The van der Waals surface area contributed by atoms with Crippen molar-refractivity contribution in [3.8, 4) is 5.75 Å². The van der Waals surface area contributed by atoms with Crippen LogP contribution in [-0.2, 0) is 0 Å². The largest absolute Gasteiger partial charge is 0.508 e. The van der Waals surface area contributed by atoms with Crippen molar-refractivity contribution in [2.75, 3.05) is 17.2 Å². The maximum atomic E-state index is 9.75. The van der Waals surface area contributed by atoms with E-state index in [1.807, 2.05) is 36.4 Å². The van der Waals surface area contributed by atoms with E-state index in [-0.39, 0.29) is 11.1 Å². The number of alkyl halides is 1. The first-order chi connectivity index (χ1) is 14.5. The minimum Gasteiger partial charge on any atom is -0.508 e. The van der Waals surface area contributed by atoms with Crippen LogP contribution >= 0.6 is 23.4 Å². The van der Waals surface area contributed by atoms with Crippen molar-refractivity contribution in [3.63, 3.8) is 0 Å². The standard InChI is InChI=1S/C22H24ClN5OS/c1-14(2)30-22-27-20(25-13-19(23)15-7-4-3-5-8-15)18(12-24)21(28-22)26-16-9-6-10-17(29)11-16/h3-12,14,19,24,29H,13H2,1-2H3,(H2,25,26,27,28). The summed E-state index contributed by atoms with van der Waals surface area (Å²) in [7, 11) is 0. The SMILES string of the molecule is CC(C)Sc1nc(NCC(Cl)c2ccccc2)c(C=N)c(Nc2cccc(O)c2)n1. The van der Waals surface area contributed by atoms with E-state index in [4.69, 9.17) is 17.0 Å². The lowest BCUT2D eigenvalue weighted by atomic mass is 10.1. The third-order valence-electron chi connectivity index (χ3n) is 4.13. The quantitative estimate of drug-likeness (QED) is 0.145. The third-order valence-corrected chi connectivity index (χ3v) is 5.40. The summed E-state index contributed by atoms with van der Waals surface area (Å²) in [5, 5.41) is 24.8. The number of thioether (sulfide) groups is 1. The number of aromatic hydroxyl groups is 1. The Morgan fingerprint density at radius 3 is 2.50 bits per heavy atom. The van der Waals surface area contributed by atoms with Gasteiger partial charge in [0, 0.05) is 29.8 Å². The molecule has 0 aliphatic carbocycles. The molecule has 1 atom stereocenters. The monoisotopic (exact) mass is 441 g/mol. The highest BCUT2D eigenvalue weighted by Crippen LogP contribution is 2.30. The number of anilines is 3. The maximum Gasteiger partial charge on any atom is 0.191 e. The fourth-order valence-electron chi connectivity index (χ4n) is 2.77. The van der Waals surface area contributed by atoms with Crippen molar-refractivity contribution in [2.45, 2.75) is 29.6 Å². The zero-order valence-corrected chi connectivity index (χ0v) is 18.3. The van der Waals surface area contributed by atoms with E-state index in [9.17, 15) is 5.11 Å². The second-order valence-electron chi connectivity index (χ2n) is 6.86. The van der Waals surface area contributed by atoms with Crippen LogP contribution in [0, 0.1) is 5.41 Å². The van der Waals surface area contributed by atoms with Gasteiger partial charge in [-0.2, -0.15) is 0 Å². The molecule has 0 amide bonds. The van der Waals surface area contributed by atoms with Gasteiger partial charge in [0.1, 0.15) is 17.4 Å². The smallest absolute Gasteiger partial charge is 0.191 e. The summed E-state index contributed by atoms with van der Waals surface area (Å²) in [5.41, 5.74) is 2.19. The zero-order chi connectivity index (χ0) is 21.5. The Morgan fingerprint density at radius 1 is 1.10 bits per heavy atom. The van der Waals surface area contributed by atoms with Gasteiger partial charge in [-0.25, -0.2) is 9.97 Å². The summed E-state index contributed by atoms with van der Waals surface area (Å²) in [5.74, 6) is 1.17. The molecule has 8 heteroatoms. The summed E-state index contributed by atoms with van der Waals surface area (Å²) < 4.78 is 0. The van der Waals surface area contributed by atoms with Crippen molar-refractivity contribution in [1.29, 1.82) is 5.41 Å². The second-order valence-corrected chi connectivity index (χ2v) is 8.93. The van der Waals surface area contributed by atoms with Crippen molar-refractivity contribution < 1.29 is 5.11 Å². The molecule has 4 N–H and O–H groups in total. The average molecular weight is 442 g/mol. The highest BCUT2D eigenvalue weighted by Gasteiger charge is 2.16. The van der Waals surface area contributed by atoms with Crippen molar-refractivity contribution in [3.05, 3.63) is 65.7 Å². The van der Waals surface area contributed by atoms with Gasteiger partial charge >= 0.3 is 0 Å². The summed E-state index contributed by atoms with van der Waals surface area (Å²) in [6, 6.07) is 16.6. The molecule has 1 heterocycles. The highest BCUT2D eigenvalue weighted by molar-refractivity contribution is 7.99. The van der Waals surface area contributed by atoms with Crippen LogP contribution in [0.3, 0.4) is 0 Å². The number of nitrogens with zero attached hydrogens (tertiary/aromatic N) is 2. The molecule has 2 aromatic carbocycles. The molecule has 3 aromatic rings. The van der Waals surface area contributed by atoms with Gasteiger partial charge in [-0.05, 0) is 17.7 Å². The predicted octanol–water partition coefficient (Wildman–Crippen LogP) is 5.82. The number of rotatable bonds is 9. The van der Waals surface area contributed by atoms with Gasteiger partial charge in [0.2, 0.25) is 0 Å². The van der Waals surface area contributed by atoms with Gasteiger partial charge in [0.25, 0.3) is 0 Å². The number of nitrogens with one attached hydrogen (secondary N) is 3. The Hall–Kier alpha value is -2.77. The van der Waals surface area contributed by atoms with Gasteiger partial charge < -0.3 is 21.1 Å². The second kappa shape index (κ2) is 10.3. The van der Waals surface area contributed by atoms with Gasteiger partial charge in [-0.3, -0.25) is 0 Å². The number of phenols is 1. The van der Waals surface area contributed by atoms with Crippen LogP contribution in [0.5, 0.6) is 5.75 Å². The van der Waals surface area contributed by atoms with Gasteiger partial charge in [-0.1, -0.05) is 62.0 Å². The Kier molecular flexibility index (Phi) is 7.54. The number of hydrogen-bond donors (Lipinski definition) is 4. The van der Waals surface area contributed by atoms with Crippen LogP contribution in [0.4, 0.5) is 17.3 Å². The van der Waals surface area contributed by atoms with E-state index in [1.54, 1.807) is 18.2 Å². The number of benzene rings is 2. The fraction of sp³-hybridized carbons (Fsp3) is 0.227. The number of aromatic nitrogens is 2. The number of hydrogen-bond acceptors (Lipinski definition) is 7. The van der Waals surface area contributed by atoms with Crippen molar-refractivity contribution in [1.82, 2.24) is 9.97 Å². The van der Waals surface area contributed by atoms with Gasteiger partial charge in [-0.15, -0.1) is 11.6 Å². The molecule has 0 bridgehead atoms. The van der Waals surface area contributed by atoms with Crippen LogP contribution in [0.2, 0.25) is 0 Å². The molecule has 0 saturated heterocycles. The molecule has 0 aliphatic heterocycles. The lowest BCUT2D eigenvalue weighted by Crippen LogP contribution is -2.14.